The molecule has 1 amide bonds. The molecule has 0 unspecified atom stereocenters. The highest BCUT2D eigenvalue weighted by Crippen LogP contribution is 2.32. The summed E-state index contributed by atoms with van der Waals surface area (Å²) in [5, 5.41) is 0. The minimum absolute atomic E-state index is 0.0255. The number of carbonyl (C=O) groups excluding carboxylic acids is 2. The average Bonchev–Trinajstić information content (AvgIpc) is 2.83. The van der Waals surface area contributed by atoms with Crippen molar-refractivity contribution in [2.24, 2.45) is 0 Å². The second-order valence-corrected chi connectivity index (χ2v) is 6.76. The second-order valence-electron chi connectivity index (χ2n) is 6.76. The van der Waals surface area contributed by atoms with Gasteiger partial charge in [-0.15, -0.1) is 0 Å². The molecule has 6 nitrogen and oxygen atoms in total. The number of pyridine rings is 1. The van der Waals surface area contributed by atoms with Gasteiger partial charge in [-0.3, -0.25) is 9.78 Å². The number of aromatic nitrogens is 2. The summed E-state index contributed by atoms with van der Waals surface area (Å²) in [6.07, 6.45) is 7.65. The normalized spacial score (nSPS) is 17.7. The molecule has 1 aliphatic rings. The first kappa shape index (κ1) is 18.2. The van der Waals surface area contributed by atoms with E-state index in [-0.39, 0.29) is 11.9 Å². The van der Waals surface area contributed by atoms with E-state index in [1.165, 1.54) is 7.11 Å². The molecule has 0 saturated carbocycles. The van der Waals surface area contributed by atoms with Crippen LogP contribution < -0.4 is 0 Å². The molecule has 3 heterocycles. The van der Waals surface area contributed by atoms with Crippen molar-refractivity contribution in [3.63, 3.8) is 0 Å². The Bertz CT molecular complexity index is 798. The Morgan fingerprint density at radius 2 is 1.92 bits per heavy atom. The number of nitrogens with zero attached hydrogens (tertiary/aromatic N) is 2. The lowest BCUT2D eigenvalue weighted by Gasteiger charge is -2.30. The molecule has 0 spiro atoms. The van der Waals surface area contributed by atoms with Crippen LogP contribution in [0.15, 0.2) is 24.5 Å². The Morgan fingerprint density at radius 3 is 2.62 bits per heavy atom. The fourth-order valence-electron chi connectivity index (χ4n) is 3.80. The number of H-pyrrole nitrogens is 1. The third kappa shape index (κ3) is 3.36. The lowest BCUT2D eigenvalue weighted by atomic mass is 10.0. The molecular formula is C20H25N3O3. The molecule has 1 saturated heterocycles. The van der Waals surface area contributed by atoms with Crippen molar-refractivity contribution in [3.05, 3.63) is 52.6 Å². The van der Waals surface area contributed by atoms with Crippen LogP contribution in [-0.2, 0) is 4.74 Å². The molecule has 0 aliphatic carbocycles. The van der Waals surface area contributed by atoms with Gasteiger partial charge in [0.15, 0.2) is 0 Å². The molecule has 0 aromatic carbocycles. The van der Waals surface area contributed by atoms with Crippen LogP contribution in [0.2, 0.25) is 0 Å². The third-order valence-corrected chi connectivity index (χ3v) is 5.15. The summed E-state index contributed by atoms with van der Waals surface area (Å²) < 4.78 is 4.86. The lowest BCUT2D eigenvalue weighted by molar-refractivity contribution is 0.0599. The number of nitrogens with one attached hydrogen (secondary N) is 1. The first-order valence-electron chi connectivity index (χ1n) is 9.03. The average molecular weight is 355 g/mol. The molecule has 1 fully saturated rings. The molecular weight excluding hydrogens is 330 g/mol. The number of methoxy groups -OCH3 is 1. The Morgan fingerprint density at radius 1 is 1.19 bits per heavy atom. The third-order valence-electron chi connectivity index (χ3n) is 5.15. The van der Waals surface area contributed by atoms with Crippen LogP contribution in [-0.4, -0.2) is 40.4 Å². The van der Waals surface area contributed by atoms with Crippen molar-refractivity contribution in [1.82, 2.24) is 14.9 Å². The molecule has 6 heteroatoms. The molecule has 2 aromatic rings. The maximum absolute atomic E-state index is 13.4. The van der Waals surface area contributed by atoms with E-state index in [0.29, 0.717) is 29.1 Å². The minimum Gasteiger partial charge on any atom is -0.465 e. The molecule has 138 valence electrons. The van der Waals surface area contributed by atoms with Gasteiger partial charge in [0.2, 0.25) is 0 Å². The second kappa shape index (κ2) is 7.72. The predicted molar refractivity (Wildman–Crippen MR) is 98.1 cm³/mol. The number of rotatable bonds is 3. The van der Waals surface area contributed by atoms with Crippen LogP contribution in [0, 0.1) is 13.8 Å². The SMILES string of the molecule is COC(=O)c1c(C)[nH]c(C(=O)N2CCCCC[C@@H]2c2ccncc2)c1C. The summed E-state index contributed by atoms with van der Waals surface area (Å²) >= 11 is 0. The minimum atomic E-state index is -0.420. The van der Waals surface area contributed by atoms with Crippen LogP contribution in [0.4, 0.5) is 0 Å². The zero-order chi connectivity index (χ0) is 18.7. The van der Waals surface area contributed by atoms with E-state index in [0.717, 1.165) is 31.2 Å². The predicted octanol–water partition coefficient (Wildman–Crippen LogP) is 3.57. The first-order valence-corrected chi connectivity index (χ1v) is 9.03. The van der Waals surface area contributed by atoms with Gasteiger partial charge in [-0.2, -0.15) is 0 Å². The van der Waals surface area contributed by atoms with Gasteiger partial charge >= 0.3 is 5.97 Å². The fraction of sp³-hybridized carbons (Fsp3) is 0.450. The summed E-state index contributed by atoms with van der Waals surface area (Å²) in [5.74, 6) is -0.485. The summed E-state index contributed by atoms with van der Waals surface area (Å²) in [5.41, 5.74) is 3.34. The fourth-order valence-corrected chi connectivity index (χ4v) is 3.80. The standard InChI is InChI=1S/C20H25N3O3/c1-13-17(20(25)26-3)14(2)22-18(13)19(24)23-12-6-4-5-7-16(23)15-8-10-21-11-9-15/h8-11,16,22H,4-7,12H2,1-3H3/t16-/m1/s1. The highest BCUT2D eigenvalue weighted by molar-refractivity contribution is 6.00. The van der Waals surface area contributed by atoms with Crippen molar-refractivity contribution in [1.29, 1.82) is 0 Å². The van der Waals surface area contributed by atoms with Gasteiger partial charge in [-0.05, 0) is 49.9 Å². The van der Waals surface area contributed by atoms with Crippen molar-refractivity contribution in [2.75, 3.05) is 13.7 Å². The number of aryl methyl sites for hydroxylation is 1. The van der Waals surface area contributed by atoms with Crippen LogP contribution in [0.25, 0.3) is 0 Å². The zero-order valence-corrected chi connectivity index (χ0v) is 15.5. The van der Waals surface area contributed by atoms with Crippen molar-refractivity contribution in [3.8, 4) is 0 Å². The highest BCUT2D eigenvalue weighted by atomic mass is 16.5. The Labute approximate surface area is 153 Å². The van der Waals surface area contributed by atoms with Gasteiger partial charge in [0.1, 0.15) is 5.69 Å². The Balaban J connectivity index is 1.98. The quantitative estimate of drug-likeness (QED) is 0.854. The lowest BCUT2D eigenvalue weighted by Crippen LogP contribution is -2.35. The van der Waals surface area contributed by atoms with Crippen LogP contribution in [0.5, 0.6) is 0 Å². The van der Waals surface area contributed by atoms with Crippen LogP contribution >= 0.6 is 0 Å². The number of carbonyl (C=O) groups is 2. The molecule has 1 N–H and O–H groups in total. The number of aromatic amines is 1. The van der Waals surface area contributed by atoms with Gasteiger partial charge in [0, 0.05) is 24.6 Å². The molecule has 1 aliphatic heterocycles. The van der Waals surface area contributed by atoms with E-state index >= 15 is 0 Å². The maximum Gasteiger partial charge on any atom is 0.339 e. The number of esters is 1. The van der Waals surface area contributed by atoms with Gasteiger partial charge in [-0.25, -0.2) is 4.79 Å². The van der Waals surface area contributed by atoms with Crippen LogP contribution in [0.3, 0.4) is 0 Å². The van der Waals surface area contributed by atoms with E-state index < -0.39 is 5.97 Å². The molecule has 0 bridgehead atoms. The molecule has 2 aromatic heterocycles. The molecule has 26 heavy (non-hydrogen) atoms. The monoisotopic (exact) mass is 355 g/mol. The van der Waals surface area contributed by atoms with Gasteiger partial charge in [0.05, 0.1) is 18.7 Å². The van der Waals surface area contributed by atoms with Crippen molar-refractivity contribution < 1.29 is 14.3 Å². The van der Waals surface area contributed by atoms with Crippen molar-refractivity contribution in [2.45, 2.75) is 45.6 Å². The summed E-state index contributed by atoms with van der Waals surface area (Å²) in [4.78, 5) is 34.5. The number of amides is 1. The Kier molecular flexibility index (Phi) is 5.40. The summed E-state index contributed by atoms with van der Waals surface area (Å²) in [7, 11) is 1.35. The summed E-state index contributed by atoms with van der Waals surface area (Å²) in [6.45, 7) is 4.29. The van der Waals surface area contributed by atoms with Gasteiger partial charge < -0.3 is 14.6 Å². The zero-order valence-electron chi connectivity index (χ0n) is 15.5. The molecule has 1 atom stereocenters. The first-order chi connectivity index (χ1) is 12.5. The van der Waals surface area contributed by atoms with E-state index in [1.54, 1.807) is 26.2 Å². The number of likely N-dealkylation sites (tertiary alicyclic amines) is 1. The number of ether oxygens (including phenoxy) is 1. The van der Waals surface area contributed by atoms with Crippen LogP contribution in [0.1, 0.15) is 69.4 Å². The number of hydrogen-bond donors (Lipinski definition) is 1. The van der Waals surface area contributed by atoms with Gasteiger partial charge in [0.25, 0.3) is 5.91 Å². The van der Waals surface area contributed by atoms with E-state index in [9.17, 15) is 9.59 Å². The number of hydrogen-bond acceptors (Lipinski definition) is 4. The topological polar surface area (TPSA) is 75.3 Å². The van der Waals surface area contributed by atoms with Gasteiger partial charge in [-0.1, -0.05) is 12.8 Å². The smallest absolute Gasteiger partial charge is 0.339 e. The van der Waals surface area contributed by atoms with Crippen molar-refractivity contribution >= 4 is 11.9 Å². The summed E-state index contributed by atoms with van der Waals surface area (Å²) in [6, 6.07) is 3.98. The molecule has 0 radical (unpaired) electrons. The van der Waals surface area contributed by atoms with E-state index in [1.807, 2.05) is 17.0 Å². The maximum atomic E-state index is 13.4. The van der Waals surface area contributed by atoms with E-state index in [4.69, 9.17) is 4.74 Å². The molecule has 3 rings (SSSR count). The Hall–Kier alpha value is -2.63. The largest absolute Gasteiger partial charge is 0.465 e. The van der Waals surface area contributed by atoms with E-state index in [2.05, 4.69) is 9.97 Å². The highest BCUT2D eigenvalue weighted by Gasteiger charge is 2.31.